The highest BCUT2D eigenvalue weighted by Crippen LogP contribution is 2.44. The summed E-state index contributed by atoms with van der Waals surface area (Å²) in [6.07, 6.45) is 18.9. The van der Waals surface area contributed by atoms with Crippen molar-refractivity contribution in [1.82, 2.24) is 28.9 Å². The number of carbonyl (C=O) groups is 2. The average molecular weight is 795 g/mol. The number of imidazole rings is 2. The van der Waals surface area contributed by atoms with Crippen LogP contribution in [0.2, 0.25) is 0 Å². The lowest BCUT2D eigenvalue weighted by Crippen LogP contribution is -2.51. The maximum Gasteiger partial charge on any atom is 0.241 e. The van der Waals surface area contributed by atoms with Crippen LogP contribution in [0.25, 0.3) is 11.3 Å². The van der Waals surface area contributed by atoms with Crippen molar-refractivity contribution in [2.24, 2.45) is 23.3 Å². The minimum absolute atomic E-state index is 0.0158. The number of fused-ring (bicyclic) bond motifs is 2. The minimum Gasteiger partial charge on any atom is -0.331 e. The van der Waals surface area contributed by atoms with E-state index in [1.807, 2.05) is 40.4 Å². The van der Waals surface area contributed by atoms with Crippen molar-refractivity contribution in [3.8, 4) is 11.3 Å². The van der Waals surface area contributed by atoms with Crippen molar-refractivity contribution in [2.75, 3.05) is 24.6 Å². The first-order valence-electron chi connectivity index (χ1n) is 21.0. The summed E-state index contributed by atoms with van der Waals surface area (Å²) < 4.78 is 4.46. The van der Waals surface area contributed by atoms with Gasteiger partial charge in [-0.15, -0.1) is 0 Å². The third-order valence-corrected chi connectivity index (χ3v) is 15.3. The Kier molecular flexibility index (Phi) is 12.9. The van der Waals surface area contributed by atoms with Crippen molar-refractivity contribution in [2.45, 2.75) is 114 Å². The number of hydrogen-bond donors (Lipinski definition) is 2. The standard InChI is InChI=1S/C44H58N8O2S2/c45-36(43(53)51-25-23-50-28-38(33-16-8-3-9-17-33)48-42(50)39(51)26-31-12-4-1-5-13-31)29-55-56-30-37(46)44(54)52-24-22-49-21-20-47-41(49)40(52)27-34-18-10-11-19-35(34)32-14-6-2-7-15-32/h2-3,6-9,14-17,20-21,28,31,34-37,39-40H,1,4-5,10-13,18-19,22-27,29-30,45-46H2/t34?,35?,36-,37-,39-,40-/m0/s1. The topological polar surface area (TPSA) is 128 Å². The zero-order chi connectivity index (χ0) is 38.4. The molecule has 12 heteroatoms. The summed E-state index contributed by atoms with van der Waals surface area (Å²) in [5, 5.41) is 0. The van der Waals surface area contributed by atoms with Crippen molar-refractivity contribution < 1.29 is 9.59 Å². The van der Waals surface area contributed by atoms with Crippen LogP contribution in [0.15, 0.2) is 79.3 Å². The monoisotopic (exact) mass is 794 g/mol. The maximum absolute atomic E-state index is 14.1. The second-order valence-corrected chi connectivity index (χ2v) is 19.0. The van der Waals surface area contributed by atoms with E-state index in [9.17, 15) is 9.59 Å². The molecular weight excluding hydrogens is 737 g/mol. The first-order valence-corrected chi connectivity index (χ1v) is 23.5. The lowest BCUT2D eigenvalue weighted by molar-refractivity contribution is -0.137. The van der Waals surface area contributed by atoms with Crippen molar-refractivity contribution in [3.05, 3.63) is 96.5 Å². The molecule has 0 radical (unpaired) electrons. The van der Waals surface area contributed by atoms with E-state index < -0.39 is 12.1 Å². The summed E-state index contributed by atoms with van der Waals surface area (Å²) in [7, 11) is 3.09. The predicted molar refractivity (Wildman–Crippen MR) is 227 cm³/mol. The summed E-state index contributed by atoms with van der Waals surface area (Å²) in [5.74, 6) is 4.36. The molecule has 4 aromatic rings. The summed E-state index contributed by atoms with van der Waals surface area (Å²) in [5.41, 5.74) is 16.8. The Hall–Kier alpha value is -3.58. The Bertz CT molecular complexity index is 1900. The molecule has 298 valence electrons. The summed E-state index contributed by atoms with van der Waals surface area (Å²) in [6, 6.07) is 19.7. The van der Waals surface area contributed by atoms with Crippen LogP contribution < -0.4 is 11.5 Å². The molecule has 2 aromatic heterocycles. The molecule has 10 nitrogen and oxygen atoms in total. The Balaban J connectivity index is 0.882. The Labute approximate surface area is 340 Å². The van der Waals surface area contributed by atoms with Crippen LogP contribution in [0.1, 0.15) is 106 Å². The Morgan fingerprint density at radius 3 is 2.00 bits per heavy atom. The fourth-order valence-corrected chi connectivity index (χ4v) is 12.1. The van der Waals surface area contributed by atoms with E-state index in [2.05, 4.69) is 57.8 Å². The van der Waals surface area contributed by atoms with Gasteiger partial charge < -0.3 is 30.4 Å². The van der Waals surface area contributed by atoms with E-state index in [-0.39, 0.29) is 23.9 Å². The summed E-state index contributed by atoms with van der Waals surface area (Å²) in [4.78, 5) is 42.2. The maximum atomic E-state index is 14.1. The largest absolute Gasteiger partial charge is 0.331 e. The molecule has 4 aliphatic rings. The third kappa shape index (κ3) is 8.78. The van der Waals surface area contributed by atoms with Crippen molar-refractivity contribution in [3.63, 3.8) is 0 Å². The number of rotatable bonds is 13. The van der Waals surface area contributed by atoms with Gasteiger partial charge in [0.2, 0.25) is 11.8 Å². The van der Waals surface area contributed by atoms with E-state index in [0.717, 1.165) is 48.7 Å². The molecule has 2 unspecified atom stereocenters. The lowest BCUT2D eigenvalue weighted by atomic mass is 9.72. The average Bonchev–Trinajstić information content (AvgIpc) is 3.92. The van der Waals surface area contributed by atoms with Crippen LogP contribution in [0.3, 0.4) is 0 Å². The molecule has 2 amide bonds. The molecular formula is C44H58N8O2S2. The highest BCUT2D eigenvalue weighted by atomic mass is 33.1. The van der Waals surface area contributed by atoms with Gasteiger partial charge >= 0.3 is 0 Å². The van der Waals surface area contributed by atoms with Gasteiger partial charge in [0.25, 0.3) is 0 Å². The number of aromatic nitrogens is 4. The van der Waals surface area contributed by atoms with Gasteiger partial charge in [0.15, 0.2) is 0 Å². The molecule has 2 saturated carbocycles. The second-order valence-electron chi connectivity index (χ2n) is 16.4. The van der Waals surface area contributed by atoms with Crippen LogP contribution in [-0.4, -0.2) is 77.4 Å². The number of nitrogens with zero attached hydrogens (tertiary/aromatic N) is 6. The Morgan fingerprint density at radius 2 is 1.30 bits per heavy atom. The molecule has 56 heavy (non-hydrogen) atoms. The zero-order valence-electron chi connectivity index (χ0n) is 32.5. The smallest absolute Gasteiger partial charge is 0.241 e. The van der Waals surface area contributed by atoms with Gasteiger partial charge in [-0.1, -0.05) is 127 Å². The Morgan fingerprint density at radius 1 is 0.696 bits per heavy atom. The molecule has 6 atom stereocenters. The van der Waals surface area contributed by atoms with Gasteiger partial charge in [-0.25, -0.2) is 9.97 Å². The van der Waals surface area contributed by atoms with E-state index in [4.69, 9.17) is 21.4 Å². The lowest BCUT2D eigenvalue weighted by Gasteiger charge is -2.41. The molecule has 4 N–H and O–H groups in total. The quantitative estimate of drug-likeness (QED) is 0.105. The summed E-state index contributed by atoms with van der Waals surface area (Å²) >= 11 is 0. The highest BCUT2D eigenvalue weighted by Gasteiger charge is 2.39. The van der Waals surface area contributed by atoms with Gasteiger partial charge in [0.05, 0.1) is 29.9 Å². The summed E-state index contributed by atoms with van der Waals surface area (Å²) in [6.45, 7) is 2.69. The van der Waals surface area contributed by atoms with Crippen LogP contribution in [-0.2, 0) is 22.7 Å². The van der Waals surface area contributed by atoms with Gasteiger partial charge in [-0.05, 0) is 49.0 Å². The first kappa shape index (κ1) is 39.3. The molecule has 0 bridgehead atoms. The van der Waals surface area contributed by atoms with Gasteiger partial charge in [-0.3, -0.25) is 9.59 Å². The van der Waals surface area contributed by atoms with E-state index in [0.29, 0.717) is 48.9 Å². The highest BCUT2D eigenvalue weighted by molar-refractivity contribution is 8.76. The van der Waals surface area contributed by atoms with Crippen molar-refractivity contribution in [1.29, 1.82) is 0 Å². The second kappa shape index (κ2) is 18.3. The predicted octanol–water partition coefficient (Wildman–Crippen LogP) is 7.58. The number of nitrogens with two attached hydrogens (primary N) is 2. The zero-order valence-corrected chi connectivity index (χ0v) is 34.2. The molecule has 0 spiro atoms. The van der Waals surface area contributed by atoms with Crippen LogP contribution in [0.4, 0.5) is 0 Å². The van der Waals surface area contributed by atoms with E-state index in [1.54, 1.807) is 21.6 Å². The van der Waals surface area contributed by atoms with E-state index in [1.165, 1.54) is 56.9 Å². The van der Waals surface area contributed by atoms with E-state index >= 15 is 0 Å². The molecule has 4 heterocycles. The fraction of sp³-hybridized carbons (Fsp3) is 0.545. The SMILES string of the molecule is N[C@@H](CSSC[C@H](N)C(=O)N1CCn2cc(-c3ccccc3)nc2[C@@H]1CC1CCCCC1)C(=O)N1CCn2ccnc2[C@@H]1CC1CCCCC1c1ccccc1. The number of hydrogen-bond acceptors (Lipinski definition) is 8. The number of benzene rings is 2. The van der Waals surface area contributed by atoms with Crippen LogP contribution >= 0.6 is 21.6 Å². The van der Waals surface area contributed by atoms with Crippen molar-refractivity contribution >= 4 is 33.4 Å². The molecule has 2 aliphatic carbocycles. The van der Waals surface area contributed by atoms with Gasteiger partial charge in [0.1, 0.15) is 11.6 Å². The normalized spacial score (nSPS) is 24.0. The van der Waals surface area contributed by atoms with Crippen LogP contribution in [0, 0.1) is 11.8 Å². The van der Waals surface area contributed by atoms with Crippen LogP contribution in [0.5, 0.6) is 0 Å². The fourth-order valence-electron chi connectivity index (χ4n) is 9.91. The minimum atomic E-state index is -0.653. The van der Waals surface area contributed by atoms with Gasteiger partial charge in [-0.2, -0.15) is 0 Å². The molecule has 2 aliphatic heterocycles. The molecule has 8 rings (SSSR count). The van der Waals surface area contributed by atoms with Gasteiger partial charge in [0, 0.05) is 61.8 Å². The molecule has 2 fully saturated rings. The molecule has 2 aromatic carbocycles. The third-order valence-electron chi connectivity index (χ3n) is 12.9. The first-order chi connectivity index (χ1) is 27.4. The number of amides is 2. The number of carbonyl (C=O) groups excluding carboxylic acids is 2. The molecule has 0 saturated heterocycles.